The third kappa shape index (κ3) is 3.83. The molecule has 2 heterocycles. The van der Waals surface area contributed by atoms with E-state index in [4.69, 9.17) is 4.74 Å². The van der Waals surface area contributed by atoms with Crippen LogP contribution in [-0.2, 0) is 11.4 Å². The van der Waals surface area contributed by atoms with Crippen molar-refractivity contribution in [1.29, 1.82) is 0 Å². The maximum absolute atomic E-state index is 12.1. The number of carbonyl (C=O) groups is 1. The summed E-state index contributed by atoms with van der Waals surface area (Å²) in [4.78, 5) is 16.4. The SMILES string of the molecule is O=C(Nc1cccc(OCc2ccccc2)n1)[C@@H]1CCCN1. The lowest BCUT2D eigenvalue weighted by molar-refractivity contribution is -0.117. The van der Waals surface area contributed by atoms with Crippen molar-refractivity contribution in [2.24, 2.45) is 0 Å². The molecule has 0 unspecified atom stereocenters. The number of nitrogens with zero attached hydrogens (tertiary/aromatic N) is 1. The van der Waals surface area contributed by atoms with E-state index in [-0.39, 0.29) is 11.9 Å². The molecule has 5 heteroatoms. The summed E-state index contributed by atoms with van der Waals surface area (Å²) in [7, 11) is 0. The highest BCUT2D eigenvalue weighted by Gasteiger charge is 2.22. The Morgan fingerprint density at radius 2 is 2.09 bits per heavy atom. The van der Waals surface area contributed by atoms with Crippen LogP contribution in [0.5, 0.6) is 5.88 Å². The quantitative estimate of drug-likeness (QED) is 0.889. The fourth-order valence-corrected chi connectivity index (χ4v) is 2.42. The number of anilines is 1. The van der Waals surface area contributed by atoms with Crippen molar-refractivity contribution in [3.8, 4) is 5.88 Å². The number of amides is 1. The van der Waals surface area contributed by atoms with Gasteiger partial charge in [-0.05, 0) is 31.0 Å². The molecule has 0 bridgehead atoms. The Labute approximate surface area is 129 Å². The molecule has 5 nitrogen and oxygen atoms in total. The molecule has 1 saturated heterocycles. The molecule has 0 aliphatic carbocycles. The zero-order chi connectivity index (χ0) is 15.2. The monoisotopic (exact) mass is 297 g/mol. The molecule has 1 fully saturated rings. The first-order valence-corrected chi connectivity index (χ1v) is 7.49. The van der Waals surface area contributed by atoms with Crippen molar-refractivity contribution in [3.05, 3.63) is 54.1 Å². The van der Waals surface area contributed by atoms with Gasteiger partial charge in [0.1, 0.15) is 12.4 Å². The minimum atomic E-state index is -0.115. The molecule has 22 heavy (non-hydrogen) atoms. The zero-order valence-corrected chi connectivity index (χ0v) is 12.3. The van der Waals surface area contributed by atoms with E-state index in [1.807, 2.05) is 36.4 Å². The first-order valence-electron chi connectivity index (χ1n) is 7.49. The number of nitrogens with one attached hydrogen (secondary N) is 2. The lowest BCUT2D eigenvalue weighted by Gasteiger charge is -2.11. The predicted octanol–water partition coefficient (Wildman–Crippen LogP) is 2.35. The topological polar surface area (TPSA) is 63.2 Å². The molecular formula is C17H19N3O2. The Morgan fingerprint density at radius 1 is 1.23 bits per heavy atom. The number of benzene rings is 1. The van der Waals surface area contributed by atoms with E-state index >= 15 is 0 Å². The van der Waals surface area contributed by atoms with Gasteiger partial charge in [-0.25, -0.2) is 0 Å². The average Bonchev–Trinajstić information content (AvgIpc) is 3.09. The van der Waals surface area contributed by atoms with Gasteiger partial charge < -0.3 is 15.4 Å². The maximum Gasteiger partial charge on any atom is 0.242 e. The van der Waals surface area contributed by atoms with Crippen LogP contribution in [0.3, 0.4) is 0 Å². The van der Waals surface area contributed by atoms with Crippen LogP contribution in [0.4, 0.5) is 5.82 Å². The largest absolute Gasteiger partial charge is 0.473 e. The van der Waals surface area contributed by atoms with Gasteiger partial charge in [-0.3, -0.25) is 4.79 Å². The summed E-state index contributed by atoms with van der Waals surface area (Å²) in [5, 5.41) is 6.00. The molecule has 2 N–H and O–H groups in total. The van der Waals surface area contributed by atoms with E-state index in [0.29, 0.717) is 18.3 Å². The second-order valence-corrected chi connectivity index (χ2v) is 5.27. The third-order valence-corrected chi connectivity index (χ3v) is 3.58. The second-order valence-electron chi connectivity index (χ2n) is 5.27. The van der Waals surface area contributed by atoms with Gasteiger partial charge in [0.2, 0.25) is 11.8 Å². The minimum Gasteiger partial charge on any atom is -0.473 e. The Bertz CT molecular complexity index is 625. The van der Waals surface area contributed by atoms with E-state index in [0.717, 1.165) is 24.9 Å². The van der Waals surface area contributed by atoms with E-state index in [1.54, 1.807) is 12.1 Å². The number of hydrogen-bond donors (Lipinski definition) is 2. The van der Waals surface area contributed by atoms with Crippen molar-refractivity contribution in [2.45, 2.75) is 25.5 Å². The van der Waals surface area contributed by atoms with Crippen molar-refractivity contribution in [3.63, 3.8) is 0 Å². The zero-order valence-electron chi connectivity index (χ0n) is 12.3. The number of hydrogen-bond acceptors (Lipinski definition) is 4. The van der Waals surface area contributed by atoms with Gasteiger partial charge in [0.15, 0.2) is 0 Å². The molecule has 114 valence electrons. The van der Waals surface area contributed by atoms with E-state index in [9.17, 15) is 4.79 Å². The Kier molecular flexibility index (Phi) is 4.65. The molecule has 0 radical (unpaired) electrons. The third-order valence-electron chi connectivity index (χ3n) is 3.58. The van der Waals surface area contributed by atoms with Crippen molar-refractivity contribution < 1.29 is 9.53 Å². The fraction of sp³-hybridized carbons (Fsp3) is 0.294. The van der Waals surface area contributed by atoms with Crippen LogP contribution < -0.4 is 15.4 Å². The summed E-state index contributed by atoms with van der Waals surface area (Å²) in [6.07, 6.45) is 1.90. The highest BCUT2D eigenvalue weighted by molar-refractivity contribution is 5.94. The van der Waals surface area contributed by atoms with Gasteiger partial charge in [-0.15, -0.1) is 0 Å². The number of aromatic nitrogens is 1. The molecule has 3 rings (SSSR count). The summed E-state index contributed by atoms with van der Waals surface area (Å²) in [6.45, 7) is 1.35. The van der Waals surface area contributed by atoms with Crippen LogP contribution in [-0.4, -0.2) is 23.5 Å². The number of ether oxygens (including phenoxy) is 1. The summed E-state index contributed by atoms with van der Waals surface area (Å²) < 4.78 is 5.66. The van der Waals surface area contributed by atoms with Crippen molar-refractivity contribution in [1.82, 2.24) is 10.3 Å². The number of carbonyl (C=O) groups excluding carboxylic acids is 1. The maximum atomic E-state index is 12.1. The lowest BCUT2D eigenvalue weighted by Crippen LogP contribution is -2.35. The normalized spacial score (nSPS) is 17.2. The molecule has 0 spiro atoms. The van der Waals surface area contributed by atoms with Gasteiger partial charge in [-0.2, -0.15) is 4.98 Å². The smallest absolute Gasteiger partial charge is 0.242 e. The minimum absolute atomic E-state index is 0.0368. The molecule has 1 aromatic heterocycles. The van der Waals surface area contributed by atoms with Crippen LogP contribution >= 0.6 is 0 Å². The van der Waals surface area contributed by atoms with Gasteiger partial charge in [0, 0.05) is 6.07 Å². The van der Waals surface area contributed by atoms with Gasteiger partial charge in [0.05, 0.1) is 6.04 Å². The van der Waals surface area contributed by atoms with Crippen molar-refractivity contribution >= 4 is 11.7 Å². The van der Waals surface area contributed by atoms with Gasteiger partial charge in [0.25, 0.3) is 0 Å². The summed E-state index contributed by atoms with van der Waals surface area (Å²) in [5.41, 5.74) is 1.08. The Balaban J connectivity index is 1.58. The summed E-state index contributed by atoms with van der Waals surface area (Å²) in [6, 6.07) is 15.2. The van der Waals surface area contributed by atoms with Crippen LogP contribution in [0.2, 0.25) is 0 Å². The van der Waals surface area contributed by atoms with Crippen LogP contribution in [0.15, 0.2) is 48.5 Å². The van der Waals surface area contributed by atoms with Crippen molar-refractivity contribution in [2.75, 3.05) is 11.9 Å². The highest BCUT2D eigenvalue weighted by Crippen LogP contribution is 2.14. The van der Waals surface area contributed by atoms with Gasteiger partial charge in [-0.1, -0.05) is 36.4 Å². The molecule has 1 aliphatic rings. The summed E-state index contributed by atoms with van der Waals surface area (Å²) >= 11 is 0. The van der Waals surface area contributed by atoms with Gasteiger partial charge >= 0.3 is 0 Å². The molecule has 1 atom stereocenters. The second kappa shape index (κ2) is 7.04. The fourth-order valence-electron chi connectivity index (χ4n) is 2.42. The van der Waals surface area contributed by atoms with Crippen LogP contribution in [0.25, 0.3) is 0 Å². The lowest BCUT2D eigenvalue weighted by atomic mass is 10.2. The van der Waals surface area contributed by atoms with E-state index in [2.05, 4.69) is 15.6 Å². The molecule has 2 aromatic rings. The summed E-state index contributed by atoms with van der Waals surface area (Å²) in [5.74, 6) is 0.982. The molecule has 1 aromatic carbocycles. The first kappa shape index (κ1) is 14.5. The van der Waals surface area contributed by atoms with E-state index < -0.39 is 0 Å². The first-order chi connectivity index (χ1) is 10.8. The highest BCUT2D eigenvalue weighted by atomic mass is 16.5. The molecular weight excluding hydrogens is 278 g/mol. The Morgan fingerprint density at radius 3 is 2.86 bits per heavy atom. The van der Waals surface area contributed by atoms with E-state index in [1.165, 1.54) is 0 Å². The standard InChI is InChI=1S/C17H19N3O2/c21-17(14-8-5-11-18-14)20-15-9-4-10-16(19-15)22-12-13-6-2-1-3-7-13/h1-4,6-7,9-10,14,18H,5,8,11-12H2,(H,19,20,21)/t14-/m0/s1. The van der Waals surface area contributed by atoms with Crippen LogP contribution in [0, 0.1) is 0 Å². The molecule has 0 saturated carbocycles. The molecule has 1 aliphatic heterocycles. The Hall–Kier alpha value is -2.40. The number of rotatable bonds is 5. The number of pyridine rings is 1. The van der Waals surface area contributed by atoms with Crippen LogP contribution in [0.1, 0.15) is 18.4 Å². The predicted molar refractivity (Wildman–Crippen MR) is 84.7 cm³/mol. The average molecular weight is 297 g/mol. The molecule has 1 amide bonds.